The maximum absolute atomic E-state index is 12.3. The molecule has 0 aliphatic heterocycles. The first-order chi connectivity index (χ1) is 9.60. The number of nitrogens with one attached hydrogen (secondary N) is 2. The van der Waals surface area contributed by atoms with Crippen molar-refractivity contribution in [3.05, 3.63) is 40.9 Å². The summed E-state index contributed by atoms with van der Waals surface area (Å²) < 4.78 is 0. The first-order valence-electron chi connectivity index (χ1n) is 6.65. The van der Waals surface area contributed by atoms with E-state index in [-0.39, 0.29) is 11.9 Å². The fraction of sp³-hybridized carbons (Fsp3) is 0.333. The molecule has 20 heavy (non-hydrogen) atoms. The summed E-state index contributed by atoms with van der Waals surface area (Å²) in [5.41, 5.74) is 3.04. The fourth-order valence-corrected chi connectivity index (χ4v) is 2.57. The van der Waals surface area contributed by atoms with Crippen molar-refractivity contribution in [2.45, 2.75) is 33.2 Å². The molecular weight excluding hydrogens is 270 g/mol. The molecule has 106 valence electrons. The smallest absolute Gasteiger partial charge is 0.248 e. The van der Waals surface area contributed by atoms with Crippen LogP contribution < -0.4 is 10.6 Å². The van der Waals surface area contributed by atoms with Crippen molar-refractivity contribution in [1.29, 1.82) is 0 Å². The van der Waals surface area contributed by atoms with Crippen molar-refractivity contribution in [1.82, 2.24) is 4.98 Å². The van der Waals surface area contributed by atoms with Gasteiger partial charge in [0.2, 0.25) is 5.91 Å². The number of carbonyl (C=O) groups excluding carboxylic acids is 1. The monoisotopic (exact) mass is 289 g/mol. The van der Waals surface area contributed by atoms with E-state index in [1.54, 1.807) is 0 Å². The second kappa shape index (κ2) is 6.52. The van der Waals surface area contributed by atoms with Crippen molar-refractivity contribution in [3.63, 3.8) is 0 Å². The fourth-order valence-electron chi connectivity index (χ4n) is 1.88. The molecule has 0 saturated carbocycles. The minimum atomic E-state index is -0.264. The van der Waals surface area contributed by atoms with Crippen LogP contribution in [0.4, 0.5) is 10.8 Å². The largest absolute Gasteiger partial charge is 0.373 e. The minimum absolute atomic E-state index is 0.0508. The predicted molar refractivity (Wildman–Crippen MR) is 84.4 cm³/mol. The van der Waals surface area contributed by atoms with Gasteiger partial charge in [0.25, 0.3) is 0 Å². The molecule has 2 aromatic rings. The van der Waals surface area contributed by atoms with Crippen LogP contribution in [0.5, 0.6) is 0 Å². The lowest BCUT2D eigenvalue weighted by Gasteiger charge is -2.18. The highest BCUT2D eigenvalue weighted by atomic mass is 32.1. The van der Waals surface area contributed by atoms with Crippen molar-refractivity contribution >= 4 is 28.1 Å². The van der Waals surface area contributed by atoms with Crippen LogP contribution in [0.15, 0.2) is 29.6 Å². The maximum atomic E-state index is 12.3. The number of amides is 1. The quantitative estimate of drug-likeness (QED) is 0.884. The molecule has 1 heterocycles. The lowest BCUT2D eigenvalue weighted by Crippen LogP contribution is -2.34. The zero-order valence-corrected chi connectivity index (χ0v) is 12.8. The Hall–Kier alpha value is -1.88. The lowest BCUT2D eigenvalue weighted by molar-refractivity contribution is -0.116. The van der Waals surface area contributed by atoms with Gasteiger partial charge in [-0.2, -0.15) is 0 Å². The van der Waals surface area contributed by atoms with Crippen molar-refractivity contribution in [3.8, 4) is 0 Å². The average Bonchev–Trinajstić information content (AvgIpc) is 2.83. The highest BCUT2D eigenvalue weighted by Crippen LogP contribution is 2.18. The molecule has 0 saturated heterocycles. The highest BCUT2D eigenvalue weighted by Gasteiger charge is 2.17. The summed E-state index contributed by atoms with van der Waals surface area (Å²) in [6.07, 6.45) is 0.713. The van der Waals surface area contributed by atoms with Gasteiger partial charge in [-0.05, 0) is 31.9 Å². The van der Waals surface area contributed by atoms with Gasteiger partial charge in [0.05, 0.1) is 5.69 Å². The number of hydrogen-bond donors (Lipinski definition) is 2. The number of anilines is 2. The molecule has 2 rings (SSSR count). The predicted octanol–water partition coefficient (Wildman–Crippen LogP) is 3.59. The van der Waals surface area contributed by atoms with Crippen molar-refractivity contribution in [2.75, 3.05) is 10.6 Å². The Kier molecular flexibility index (Phi) is 4.74. The third-order valence-electron chi connectivity index (χ3n) is 3.05. The van der Waals surface area contributed by atoms with Crippen LogP contribution in [0.2, 0.25) is 0 Å². The summed E-state index contributed by atoms with van der Waals surface area (Å²) in [4.78, 5) is 16.5. The molecule has 5 heteroatoms. The van der Waals surface area contributed by atoms with Gasteiger partial charge in [0, 0.05) is 11.1 Å². The number of benzene rings is 1. The number of aryl methyl sites for hydroxylation is 2. The first kappa shape index (κ1) is 14.5. The van der Waals surface area contributed by atoms with E-state index in [0.29, 0.717) is 11.6 Å². The van der Waals surface area contributed by atoms with Crippen LogP contribution in [0.25, 0.3) is 0 Å². The second-order valence-corrected chi connectivity index (χ2v) is 5.56. The Morgan fingerprint density at radius 1 is 1.35 bits per heavy atom. The Labute approximate surface area is 123 Å². The van der Waals surface area contributed by atoms with Crippen LogP contribution in [-0.2, 0) is 4.79 Å². The molecule has 1 aromatic heterocycles. The molecule has 1 amide bonds. The van der Waals surface area contributed by atoms with Crippen molar-refractivity contribution < 1.29 is 4.79 Å². The van der Waals surface area contributed by atoms with E-state index in [4.69, 9.17) is 0 Å². The van der Waals surface area contributed by atoms with E-state index in [2.05, 4.69) is 15.6 Å². The Morgan fingerprint density at radius 3 is 2.70 bits per heavy atom. The standard InChI is InChI=1S/C15H19N3OS/c1-4-12(17-13-8-6-5-7-10(13)2)14(19)18-15-16-11(3)9-20-15/h5-9,12,17H,4H2,1-3H3,(H,16,18,19)/t12-/m1/s1. The number of aromatic nitrogens is 1. The SMILES string of the molecule is CC[C@@H](Nc1ccccc1C)C(=O)Nc1nc(C)cs1. The number of hydrogen-bond acceptors (Lipinski definition) is 4. The number of para-hydroxylation sites is 1. The number of rotatable bonds is 5. The molecule has 0 radical (unpaired) electrons. The molecule has 0 unspecified atom stereocenters. The number of thiazole rings is 1. The lowest BCUT2D eigenvalue weighted by atomic mass is 10.1. The summed E-state index contributed by atoms with van der Waals surface area (Å²) in [6.45, 7) is 5.93. The maximum Gasteiger partial charge on any atom is 0.248 e. The molecule has 4 nitrogen and oxygen atoms in total. The molecule has 2 N–H and O–H groups in total. The van der Waals surface area contributed by atoms with Crippen LogP contribution >= 0.6 is 11.3 Å². The van der Waals surface area contributed by atoms with Gasteiger partial charge >= 0.3 is 0 Å². The van der Waals surface area contributed by atoms with E-state index in [1.807, 2.05) is 50.4 Å². The molecule has 0 bridgehead atoms. The Morgan fingerprint density at radius 2 is 2.10 bits per heavy atom. The van der Waals surface area contributed by atoms with E-state index >= 15 is 0 Å². The highest BCUT2D eigenvalue weighted by molar-refractivity contribution is 7.13. The number of nitrogens with zero attached hydrogens (tertiary/aromatic N) is 1. The minimum Gasteiger partial charge on any atom is -0.373 e. The van der Waals surface area contributed by atoms with Crippen LogP contribution in [-0.4, -0.2) is 16.9 Å². The molecule has 1 aromatic carbocycles. The van der Waals surface area contributed by atoms with Gasteiger partial charge < -0.3 is 10.6 Å². The summed E-state index contributed by atoms with van der Waals surface area (Å²) in [5.74, 6) is -0.0508. The Balaban J connectivity index is 2.04. The van der Waals surface area contributed by atoms with E-state index < -0.39 is 0 Å². The van der Waals surface area contributed by atoms with Gasteiger partial charge in [-0.25, -0.2) is 4.98 Å². The van der Waals surface area contributed by atoms with Gasteiger partial charge in [0.15, 0.2) is 5.13 Å². The molecule has 0 fully saturated rings. The topological polar surface area (TPSA) is 54.0 Å². The Bertz CT molecular complexity index is 594. The number of carbonyl (C=O) groups is 1. The molecule has 1 atom stereocenters. The van der Waals surface area contributed by atoms with Gasteiger partial charge in [0.1, 0.15) is 6.04 Å². The average molecular weight is 289 g/mol. The van der Waals surface area contributed by atoms with Gasteiger partial charge in [-0.15, -0.1) is 11.3 Å². The zero-order valence-electron chi connectivity index (χ0n) is 11.9. The summed E-state index contributed by atoms with van der Waals surface area (Å²) >= 11 is 1.44. The van der Waals surface area contributed by atoms with Crippen molar-refractivity contribution in [2.24, 2.45) is 0 Å². The molecule has 0 spiro atoms. The van der Waals surface area contributed by atoms with Crippen LogP contribution in [0.3, 0.4) is 0 Å². The summed E-state index contributed by atoms with van der Waals surface area (Å²) in [6, 6.07) is 7.69. The third-order valence-corrected chi connectivity index (χ3v) is 3.92. The van der Waals surface area contributed by atoms with Gasteiger partial charge in [-0.3, -0.25) is 4.79 Å². The zero-order chi connectivity index (χ0) is 14.5. The third kappa shape index (κ3) is 3.57. The normalized spacial score (nSPS) is 11.9. The molecular formula is C15H19N3OS. The molecule has 0 aliphatic rings. The molecule has 0 aliphatic carbocycles. The summed E-state index contributed by atoms with van der Waals surface area (Å²) in [7, 11) is 0. The van der Waals surface area contributed by atoms with Crippen LogP contribution in [0, 0.1) is 13.8 Å². The first-order valence-corrected chi connectivity index (χ1v) is 7.53. The summed E-state index contributed by atoms with van der Waals surface area (Å²) in [5, 5.41) is 8.72. The van der Waals surface area contributed by atoms with E-state index in [0.717, 1.165) is 16.9 Å². The van der Waals surface area contributed by atoms with Crippen LogP contribution in [0.1, 0.15) is 24.6 Å². The van der Waals surface area contributed by atoms with E-state index in [9.17, 15) is 4.79 Å². The van der Waals surface area contributed by atoms with Gasteiger partial charge in [-0.1, -0.05) is 25.1 Å². The van der Waals surface area contributed by atoms with E-state index in [1.165, 1.54) is 11.3 Å². The second-order valence-electron chi connectivity index (χ2n) is 4.70.